The fourth-order valence-electron chi connectivity index (χ4n) is 9.65. The third kappa shape index (κ3) is 18.2. The summed E-state index contributed by atoms with van der Waals surface area (Å²) in [5, 5.41) is 29.9. The Morgan fingerprint density at radius 3 is 1.62 bits per heavy atom. The number of amides is 1. The van der Waals surface area contributed by atoms with Crippen LogP contribution in [0, 0.1) is 45.9 Å². The summed E-state index contributed by atoms with van der Waals surface area (Å²) in [6, 6.07) is 29.7. The predicted molar refractivity (Wildman–Crippen MR) is 360 cm³/mol. The number of carboxylic acids is 1. The average Bonchev–Trinajstić information content (AvgIpc) is 1.65. The van der Waals surface area contributed by atoms with E-state index < -0.39 is 64.4 Å². The van der Waals surface area contributed by atoms with Crippen molar-refractivity contribution in [1.29, 1.82) is 10.5 Å². The van der Waals surface area contributed by atoms with Gasteiger partial charge in [-0.15, -0.1) is 0 Å². The van der Waals surface area contributed by atoms with Crippen LogP contribution in [0.15, 0.2) is 151 Å². The van der Waals surface area contributed by atoms with E-state index in [2.05, 4.69) is 68.0 Å². The molecule has 7 heterocycles. The molecule has 2 aliphatic carbocycles. The van der Waals surface area contributed by atoms with Crippen LogP contribution in [0.4, 0.5) is 37.7 Å². The minimum Gasteiger partial charge on any atom is -0.481 e. The lowest BCUT2D eigenvalue weighted by Crippen LogP contribution is -2.41. The van der Waals surface area contributed by atoms with Crippen molar-refractivity contribution < 1.29 is 59.9 Å². The van der Waals surface area contributed by atoms with E-state index in [0.29, 0.717) is 96.7 Å². The first kappa shape index (κ1) is 72.5. The van der Waals surface area contributed by atoms with E-state index in [1.165, 1.54) is 55.9 Å². The lowest BCUT2D eigenvalue weighted by molar-refractivity contribution is -0.140. The van der Waals surface area contributed by atoms with Crippen LogP contribution in [0.25, 0.3) is 44.9 Å². The molecule has 6 aromatic heterocycles. The number of aromatic amines is 1. The number of anilines is 2. The molecule has 0 atom stereocenters. The number of hydrogen-bond acceptors (Lipinski definition) is 14. The van der Waals surface area contributed by atoms with Gasteiger partial charge in [-0.1, -0.05) is 36.4 Å². The number of nitriles is 2. The Morgan fingerprint density at radius 2 is 1.14 bits per heavy atom. The summed E-state index contributed by atoms with van der Waals surface area (Å²) >= 11 is 3.21. The number of rotatable bonds is 12. The van der Waals surface area contributed by atoms with E-state index in [1.54, 1.807) is 111 Å². The Hall–Kier alpha value is -10.3. The molecule has 1 saturated heterocycles. The normalized spacial score (nSPS) is 13.8. The van der Waals surface area contributed by atoms with E-state index in [0.717, 1.165) is 10.2 Å². The van der Waals surface area contributed by atoms with Crippen LogP contribution in [0.5, 0.6) is 0 Å². The van der Waals surface area contributed by atoms with Gasteiger partial charge in [0.15, 0.2) is 0 Å². The number of halogens is 7. The van der Waals surface area contributed by atoms with Crippen molar-refractivity contribution in [2.45, 2.75) is 110 Å². The standard InChI is InChI=1S/C25H20F2N4O.C16H11F2NO2.C15H20BFO4.C9H11N3.C7H4BrFN2/c1-25(2,14-28)23-8-5-18(13-30-23)31-24(32)11-16-4-3-15(10-21(16)27)17-9-19-20(26)6-7-22(19)29-12-17;17-13-3-4-15-12(13)5-11(8-19-15)9-1-2-10(7-16(20)21)14(18)6-9;1-14(2)15(3,4)21-16(20-14)11-7-6-10(12(17)9-11)8-13(18)19-5;1-9(2,6-10)8-4-3-7(11)5-12-8;8-4-1-5-6(9)3-11-7(5)10-2-4/h3-6,8-10,12-13H,7,11H2,1-2H3,(H,31,32);1-3,5-6,8H,4,7H2,(H,20,21);6-7,9H,8H2,1-5H3;3-5H,11H2,1-2H3;1-3H,(H,10,11). The number of allylic oxidation sites excluding steroid dienone is 2. The number of hydrogen-bond donors (Lipinski definition) is 4. The van der Waals surface area contributed by atoms with Gasteiger partial charge in [0.05, 0.1) is 112 Å². The van der Waals surface area contributed by atoms with Gasteiger partial charge in [-0.25, -0.2) is 31.3 Å². The number of carbonyl (C=O) groups is 3. The molecule has 97 heavy (non-hydrogen) atoms. The summed E-state index contributed by atoms with van der Waals surface area (Å²) in [5.74, 6) is -4.45. The molecule has 0 unspecified atom stereocenters. The molecular formula is C72H66BBrF6N10O7. The zero-order chi connectivity index (χ0) is 70.7. The molecule has 0 radical (unpaired) electrons. The Bertz CT molecular complexity index is 4570. The van der Waals surface area contributed by atoms with Crippen molar-refractivity contribution in [3.8, 4) is 34.4 Å². The number of ether oxygens (including phenoxy) is 1. The first-order valence-corrected chi connectivity index (χ1v) is 30.9. The molecule has 1 aliphatic heterocycles. The number of fused-ring (bicyclic) bond motifs is 3. The van der Waals surface area contributed by atoms with Gasteiger partial charge in [0.25, 0.3) is 0 Å². The van der Waals surface area contributed by atoms with Crippen LogP contribution in [-0.4, -0.2) is 78.3 Å². The molecule has 12 rings (SSSR count). The molecule has 17 nitrogen and oxygen atoms in total. The third-order valence-corrected chi connectivity index (χ3v) is 16.6. The second kappa shape index (κ2) is 30.6. The lowest BCUT2D eigenvalue weighted by atomic mass is 9.78. The van der Waals surface area contributed by atoms with Gasteiger partial charge in [-0.05, 0) is 177 Å². The predicted octanol–water partition coefficient (Wildman–Crippen LogP) is 14.3. The van der Waals surface area contributed by atoms with Gasteiger partial charge in [-0.3, -0.25) is 34.3 Å². The molecule has 5 N–H and O–H groups in total. The number of nitrogen functional groups attached to an aromatic ring is 1. The number of benzene rings is 3. The third-order valence-electron chi connectivity index (χ3n) is 16.2. The zero-order valence-electron chi connectivity index (χ0n) is 54.2. The minimum atomic E-state index is -1.09. The number of esters is 1. The van der Waals surface area contributed by atoms with E-state index in [4.69, 9.17) is 25.4 Å². The average molecular weight is 1390 g/mol. The summed E-state index contributed by atoms with van der Waals surface area (Å²) in [4.78, 5) is 57.6. The SMILES string of the molecule is CC(C)(C#N)c1ccc(N)cn1.CC(C)(C#N)c1ccc(NC(=O)Cc2ccc(-c3cnc4c(c3)C(F)=CC4)cc2F)cn1.COC(=O)Cc1ccc(B2OC(C)(C)C(C)(C)O2)cc1F.Fc1c[nH]c2ncc(Br)cc12.O=C(O)Cc1ccc(-c2cnc3c(c2)C(F)=CC3)cc1F. The molecule has 9 aromatic rings. The number of nitrogens with two attached hydrogens (primary N) is 1. The maximum Gasteiger partial charge on any atom is 0.494 e. The lowest BCUT2D eigenvalue weighted by Gasteiger charge is -2.32. The summed E-state index contributed by atoms with van der Waals surface area (Å²) in [6.07, 6.45) is 12.3. The number of pyridine rings is 5. The van der Waals surface area contributed by atoms with Crippen molar-refractivity contribution in [1.82, 2.24) is 29.9 Å². The highest BCUT2D eigenvalue weighted by molar-refractivity contribution is 9.10. The van der Waals surface area contributed by atoms with Crippen molar-refractivity contribution in [2.24, 2.45) is 0 Å². The summed E-state index contributed by atoms with van der Waals surface area (Å²) in [6.45, 7) is 14.9. The van der Waals surface area contributed by atoms with Gasteiger partial charge in [-0.2, -0.15) is 10.5 Å². The number of carboxylic acid groups (broad SMARTS) is 1. The zero-order valence-corrected chi connectivity index (χ0v) is 55.8. The van der Waals surface area contributed by atoms with Gasteiger partial charge >= 0.3 is 19.1 Å². The largest absolute Gasteiger partial charge is 0.494 e. The first-order valence-electron chi connectivity index (χ1n) is 30.1. The summed E-state index contributed by atoms with van der Waals surface area (Å²) in [7, 11) is 0.663. The molecule has 0 saturated carbocycles. The van der Waals surface area contributed by atoms with Crippen LogP contribution in [0.1, 0.15) is 106 Å². The van der Waals surface area contributed by atoms with E-state index in [-0.39, 0.29) is 47.9 Å². The number of nitrogens with one attached hydrogen (secondary N) is 2. The smallest absolute Gasteiger partial charge is 0.481 e. The van der Waals surface area contributed by atoms with Gasteiger partial charge in [0.1, 0.15) is 40.6 Å². The quantitative estimate of drug-likeness (QED) is 0.0503. The molecule has 0 bridgehead atoms. The van der Waals surface area contributed by atoms with Gasteiger partial charge < -0.3 is 35.2 Å². The van der Waals surface area contributed by atoms with Crippen LogP contribution >= 0.6 is 15.9 Å². The molecule has 3 aromatic carbocycles. The van der Waals surface area contributed by atoms with Crippen molar-refractivity contribution >= 4 is 80.4 Å². The number of H-pyrrole nitrogens is 1. The van der Waals surface area contributed by atoms with E-state index in [9.17, 15) is 46.0 Å². The van der Waals surface area contributed by atoms with Crippen LogP contribution < -0.4 is 16.5 Å². The van der Waals surface area contributed by atoms with Crippen molar-refractivity contribution in [3.05, 3.63) is 225 Å². The molecule has 0 spiro atoms. The molecule has 3 aliphatic rings. The van der Waals surface area contributed by atoms with E-state index in [1.807, 2.05) is 41.5 Å². The highest BCUT2D eigenvalue weighted by atomic mass is 79.9. The Kier molecular flexibility index (Phi) is 22.9. The van der Waals surface area contributed by atoms with Gasteiger partial charge in [0.2, 0.25) is 5.91 Å². The molecule has 498 valence electrons. The second-order valence-corrected chi connectivity index (χ2v) is 25.5. The summed E-state index contributed by atoms with van der Waals surface area (Å²) in [5.41, 5.74) is 12.0. The highest BCUT2D eigenvalue weighted by Crippen LogP contribution is 2.37. The van der Waals surface area contributed by atoms with Crippen molar-refractivity contribution in [3.63, 3.8) is 0 Å². The minimum absolute atomic E-state index is 0.0913. The fraction of sp³-hybridized carbons (Fsp3) is 0.250. The van der Waals surface area contributed by atoms with Crippen LogP contribution in [0.2, 0.25) is 0 Å². The monoisotopic (exact) mass is 1390 g/mol. The molecular weight excluding hydrogens is 1320 g/mol. The van der Waals surface area contributed by atoms with Crippen LogP contribution in [0.3, 0.4) is 0 Å². The maximum absolute atomic E-state index is 14.7. The molecule has 25 heteroatoms. The second-order valence-electron chi connectivity index (χ2n) is 24.6. The van der Waals surface area contributed by atoms with E-state index >= 15 is 0 Å². The van der Waals surface area contributed by atoms with Crippen LogP contribution in [-0.2, 0) is 71.4 Å². The topological polar surface area (TPSA) is 265 Å². The Morgan fingerprint density at radius 1 is 0.639 bits per heavy atom. The highest BCUT2D eigenvalue weighted by Gasteiger charge is 2.52. The fourth-order valence-corrected chi connectivity index (χ4v) is 9.98. The van der Waals surface area contributed by atoms with Crippen molar-refractivity contribution in [2.75, 3.05) is 18.2 Å². The Labute approximate surface area is 564 Å². The number of methoxy groups -OCH3 is 1. The number of aromatic nitrogens is 6. The molecule has 1 amide bonds. The Balaban J connectivity index is 0.000000163. The molecule has 1 fully saturated rings. The number of carbonyl (C=O) groups excluding carboxylic acids is 2. The maximum atomic E-state index is 14.7. The van der Waals surface area contributed by atoms with Gasteiger partial charge in [0, 0.05) is 64.4 Å². The summed E-state index contributed by atoms with van der Waals surface area (Å²) < 4.78 is 100.0. The number of aliphatic carboxylic acids is 1. The number of nitrogens with zero attached hydrogens (tertiary/aromatic N) is 7. The first-order chi connectivity index (χ1) is 45.8.